The molecule has 0 spiro atoms. The largest absolute Gasteiger partial charge is 0.394 e. The Labute approximate surface area is 691 Å². The molecule has 10 aliphatic heterocycles. The molecule has 2 unspecified atom stereocenters. The van der Waals surface area contributed by atoms with Gasteiger partial charge in [0.05, 0.1) is 65.6 Å². The second-order valence-electron chi connectivity index (χ2n) is 31.0. The quantitative estimate of drug-likeness (QED) is 0.0306. The lowest BCUT2D eigenvalue weighted by Crippen LogP contribution is -2.71. The van der Waals surface area contributed by atoms with Gasteiger partial charge in [0.25, 0.3) is 0 Å². The van der Waals surface area contributed by atoms with Crippen molar-refractivity contribution in [1.82, 2.24) is 21.3 Å². The van der Waals surface area contributed by atoms with Gasteiger partial charge in [-0.15, -0.1) is 0 Å². The summed E-state index contributed by atoms with van der Waals surface area (Å²) < 4.78 is 113. The van der Waals surface area contributed by atoms with Crippen LogP contribution in [0.5, 0.6) is 0 Å². The molecule has 31 N–H and O–H groups in total. The van der Waals surface area contributed by atoms with Gasteiger partial charge in [0, 0.05) is 27.7 Å². The third-order valence-electron chi connectivity index (χ3n) is 22.4. The Balaban J connectivity index is 1.01. The second-order valence-corrected chi connectivity index (χ2v) is 31.0. The van der Waals surface area contributed by atoms with Crippen LogP contribution in [0.2, 0.25) is 0 Å². The lowest BCUT2D eigenvalue weighted by atomic mass is 9.93. The van der Waals surface area contributed by atoms with E-state index in [9.17, 15) is 157 Å². The zero-order valence-electron chi connectivity index (χ0n) is 65.7. The van der Waals surface area contributed by atoms with E-state index in [0.29, 0.717) is 0 Å². The maximum absolute atomic E-state index is 13.3. The Morgan fingerprint density at radius 3 is 0.869 bits per heavy atom. The number of carbonyl (C=O) groups is 4. The summed E-state index contributed by atoms with van der Waals surface area (Å²) in [5, 5.41) is 311. The smallest absolute Gasteiger partial charge is 0.217 e. The summed E-state index contributed by atoms with van der Waals surface area (Å²) in [5.41, 5.74) is 0. The number of carbonyl (C=O) groups excluding carboxylic acids is 4. The van der Waals surface area contributed by atoms with Crippen molar-refractivity contribution in [3.63, 3.8) is 0 Å². The number of aliphatic hydroxyl groups excluding tert-OH is 27. The highest BCUT2D eigenvalue weighted by atomic mass is 16.8. The highest BCUT2D eigenvalue weighted by molar-refractivity contribution is 5.74. The Hall–Kier alpha value is -3.96. The molecule has 10 saturated heterocycles. The fraction of sp³-hybridized carbons (Fsp3) is 0.941. The van der Waals surface area contributed by atoms with Crippen LogP contribution in [0.25, 0.3) is 0 Å². The van der Waals surface area contributed by atoms with Crippen LogP contribution < -0.4 is 21.3 Å². The summed E-state index contributed by atoms with van der Waals surface area (Å²) in [6.07, 6.45) is -96.0. The average molecular weight is 1790 g/mol. The van der Waals surface area contributed by atoms with E-state index in [4.69, 9.17) is 90.0 Å². The van der Waals surface area contributed by atoms with Crippen molar-refractivity contribution in [2.45, 2.75) is 341 Å². The Morgan fingerprint density at radius 1 is 0.230 bits per heavy atom. The fourth-order valence-electron chi connectivity index (χ4n) is 15.8. The molecular formula is C68H114N4O50. The van der Waals surface area contributed by atoms with Crippen LogP contribution >= 0.6 is 0 Å². The van der Waals surface area contributed by atoms with Crippen LogP contribution in [-0.2, 0) is 109 Å². The van der Waals surface area contributed by atoms with Crippen molar-refractivity contribution in [3.8, 4) is 0 Å². The first kappa shape index (κ1) is 100. The molecule has 10 aliphatic rings. The van der Waals surface area contributed by atoms with Gasteiger partial charge in [0.1, 0.15) is 238 Å². The normalized spacial score (nSPS) is 49.7. The molecule has 0 aromatic rings. The minimum Gasteiger partial charge on any atom is -0.394 e. The van der Waals surface area contributed by atoms with Crippen molar-refractivity contribution >= 4 is 23.6 Å². The van der Waals surface area contributed by atoms with Gasteiger partial charge in [0.2, 0.25) is 23.6 Å². The zero-order valence-corrected chi connectivity index (χ0v) is 65.7. The molecule has 10 heterocycles. The molecule has 50 atom stereocenters. The molecule has 10 fully saturated rings. The molecule has 0 saturated carbocycles. The van der Waals surface area contributed by atoms with Crippen molar-refractivity contribution in [1.29, 1.82) is 0 Å². The van der Waals surface area contributed by atoms with Crippen LogP contribution in [0.4, 0.5) is 0 Å². The maximum Gasteiger partial charge on any atom is 0.217 e. The number of rotatable bonds is 31. The van der Waals surface area contributed by atoms with Gasteiger partial charge in [0.15, 0.2) is 62.9 Å². The van der Waals surface area contributed by atoms with E-state index in [2.05, 4.69) is 21.3 Å². The molecule has 10 rings (SSSR count). The average Bonchev–Trinajstić information content (AvgIpc) is 0.765. The van der Waals surface area contributed by atoms with Crippen molar-refractivity contribution in [3.05, 3.63) is 0 Å². The summed E-state index contributed by atoms with van der Waals surface area (Å²) in [6.45, 7) is -4.95. The van der Waals surface area contributed by atoms with E-state index in [0.717, 1.165) is 27.7 Å². The lowest BCUT2D eigenvalue weighted by Gasteiger charge is -2.52. The van der Waals surface area contributed by atoms with Gasteiger partial charge in [-0.25, -0.2) is 0 Å². The van der Waals surface area contributed by atoms with Crippen LogP contribution in [0.3, 0.4) is 0 Å². The topological polar surface area (TPSA) is 838 Å². The summed E-state index contributed by atoms with van der Waals surface area (Å²) in [5.74, 6) is -3.84. The third kappa shape index (κ3) is 22.0. The van der Waals surface area contributed by atoms with Gasteiger partial charge in [-0.2, -0.15) is 0 Å². The standard InChI is InChI=1S/C68H114N4O50/c1-15-33(84)42(93)46(97)63(106-15)105-14-28-56(38(89)29(59(103)107-28)69-16(2)80)117-61-31(71-18(4)82)40(91)54(25(11-78)112-61)120-67-51(102)57(37(88)27(115-67)13-104-64-47(98)43(94)34(85)20(6-73)108-64)121-68-58(122-62-32(72-19(5)83)41(92)53(24(10-77)113-62)119-66-49(100)45(96)36(87)22(8-75)110-66)50(101)55(26(12-79)114-68)116-60-30(70-17(3)81)39(90)52(23(9-76)111-60)118-65-48(99)44(95)35(86)21(7-74)109-65/h15,20-68,73-79,84-103H,6-14H2,1-5H3,(H,69,80)(H,70,81)(H,71,82)(H,72,83)/t15-,20+,21+,22+,23+,24+,25+,26+,27+,28+,29+,30+,31+,32+,33+,34+,35-,36-,37+,38+,39+,40+,41+,42+,43-,44-,45-,46-,47-,48+,49+,50-,51-,52+,53+,54+,55+,56+,57-,58-,59?,60-,61-,62-,63+,64-,65-,66-,67?,68+/m0/s1. The lowest BCUT2D eigenvalue weighted by molar-refractivity contribution is -0.406. The summed E-state index contributed by atoms with van der Waals surface area (Å²) in [7, 11) is 0. The van der Waals surface area contributed by atoms with Gasteiger partial charge >= 0.3 is 0 Å². The van der Waals surface area contributed by atoms with E-state index in [1.54, 1.807) is 0 Å². The highest BCUT2D eigenvalue weighted by Crippen LogP contribution is 2.41. The van der Waals surface area contributed by atoms with E-state index >= 15 is 0 Å². The SMILES string of the molecule is CC(=O)N[C@H]1[C@H](O[C@H]2[C@H](O)[C@@H](NC(C)=O)C(O)O[C@@H]2CO[C@@H]2O[C@@H](C)[C@@H](O)[C@@H](O)[C@@H]2O)O[C@H](CO)[C@@H](OC2O[C@H](CO[C@H]3O[C@H](CO)[C@@H](O)[C@H](O)[C@@H]3O)[C@@H](O)[C@H](O[C@H]3O[C@H](CO)[C@@H](O[C@@H]4O[C@H](CO)[C@@H](O[C@@H]5O[C@H](CO)[C@H](O)[C@H](O)[C@H]5O)[C@H](O)[C@H]4NC(C)=O)[C@H](O)[C@@H]3O[C@@H]3O[C@H](CO)[C@@H](O[C@@H]4O[C@H](CO)[C@H](O)[C@H](O)[C@H]4O)[C@H](O)[C@H]3NC(C)=O)[C@@H]2O)[C@@H]1O. The Bertz CT molecular complexity index is 3290. The second kappa shape index (κ2) is 43.6. The number of ether oxygens (including phenoxy) is 19. The van der Waals surface area contributed by atoms with Crippen LogP contribution in [-0.4, -0.2) is 528 Å². The first-order valence-corrected chi connectivity index (χ1v) is 39.0. The summed E-state index contributed by atoms with van der Waals surface area (Å²) in [4.78, 5) is 52.0. The molecule has 122 heavy (non-hydrogen) atoms. The third-order valence-corrected chi connectivity index (χ3v) is 22.4. The van der Waals surface area contributed by atoms with Crippen molar-refractivity contribution < 1.29 is 247 Å². The molecular weight excluding hydrogens is 1670 g/mol. The van der Waals surface area contributed by atoms with Crippen LogP contribution in [0, 0.1) is 0 Å². The van der Waals surface area contributed by atoms with Gasteiger partial charge < -0.3 is 249 Å². The van der Waals surface area contributed by atoms with Crippen molar-refractivity contribution in [2.75, 3.05) is 59.5 Å². The number of aliphatic hydroxyl groups is 27. The molecule has 0 radical (unpaired) electrons. The molecule has 706 valence electrons. The molecule has 54 heteroatoms. The number of hydrogen-bond donors (Lipinski definition) is 31. The minimum absolute atomic E-state index is 0.842. The number of hydrogen-bond acceptors (Lipinski definition) is 50. The zero-order chi connectivity index (χ0) is 89.8. The monoisotopic (exact) mass is 1790 g/mol. The van der Waals surface area contributed by atoms with Crippen molar-refractivity contribution in [2.24, 2.45) is 0 Å². The molecule has 4 amide bonds. The molecule has 0 aromatic heterocycles. The predicted octanol–water partition coefficient (Wildman–Crippen LogP) is -21.2. The predicted molar refractivity (Wildman–Crippen MR) is 375 cm³/mol. The van der Waals surface area contributed by atoms with Gasteiger partial charge in [-0.05, 0) is 6.92 Å². The van der Waals surface area contributed by atoms with Crippen LogP contribution in [0.1, 0.15) is 34.6 Å². The summed E-state index contributed by atoms with van der Waals surface area (Å²) in [6, 6.07) is -7.84. The Kier molecular flexibility index (Phi) is 35.8. The molecule has 54 nitrogen and oxygen atoms in total. The first-order valence-electron chi connectivity index (χ1n) is 39.0. The fourth-order valence-corrected chi connectivity index (χ4v) is 15.8. The van der Waals surface area contributed by atoms with Gasteiger partial charge in [-0.3, -0.25) is 19.2 Å². The van der Waals surface area contributed by atoms with Crippen LogP contribution in [0.15, 0.2) is 0 Å². The highest BCUT2D eigenvalue weighted by Gasteiger charge is 2.62. The summed E-state index contributed by atoms with van der Waals surface area (Å²) >= 11 is 0. The van der Waals surface area contributed by atoms with E-state index in [-0.39, 0.29) is 0 Å². The molecule has 0 aromatic carbocycles. The van der Waals surface area contributed by atoms with Gasteiger partial charge in [-0.1, -0.05) is 0 Å². The van der Waals surface area contributed by atoms with E-state index in [1.807, 2.05) is 0 Å². The molecule has 0 aliphatic carbocycles. The molecule has 0 bridgehead atoms. The number of amides is 4. The number of nitrogens with one attached hydrogen (secondary N) is 4. The minimum atomic E-state index is -2.65. The Morgan fingerprint density at radius 2 is 0.492 bits per heavy atom. The maximum atomic E-state index is 13.3. The first-order chi connectivity index (χ1) is 57.7. The van der Waals surface area contributed by atoms with E-state index in [1.165, 1.54) is 6.92 Å². The van der Waals surface area contributed by atoms with E-state index < -0.39 is 390 Å².